The number of hydrogen-bond donors (Lipinski definition) is 1. The zero-order valence-electron chi connectivity index (χ0n) is 11.3. The van der Waals surface area contributed by atoms with Crippen molar-refractivity contribution in [3.05, 3.63) is 27.9 Å². The second-order valence-electron chi connectivity index (χ2n) is 5.01. The average Bonchev–Trinajstić information content (AvgIpc) is 2.87. The van der Waals surface area contributed by atoms with E-state index >= 15 is 0 Å². The number of carboxylic acids is 1. The third-order valence-corrected chi connectivity index (χ3v) is 3.60. The lowest BCUT2D eigenvalue weighted by atomic mass is 10.0. The van der Waals surface area contributed by atoms with Gasteiger partial charge in [-0.15, -0.1) is 0 Å². The van der Waals surface area contributed by atoms with Crippen LogP contribution >= 0.6 is 0 Å². The molecule has 1 fully saturated rings. The van der Waals surface area contributed by atoms with Crippen molar-refractivity contribution in [3.63, 3.8) is 0 Å². The first-order chi connectivity index (χ1) is 9.52. The second-order valence-corrected chi connectivity index (χ2v) is 5.01. The van der Waals surface area contributed by atoms with Gasteiger partial charge in [-0.2, -0.15) is 0 Å². The Labute approximate surface area is 116 Å². The molecule has 0 saturated carbocycles. The van der Waals surface area contributed by atoms with Crippen LogP contribution in [0.3, 0.4) is 0 Å². The molecule has 0 aromatic carbocycles. The molecule has 1 aliphatic rings. The van der Waals surface area contributed by atoms with E-state index in [9.17, 15) is 14.9 Å². The molecule has 1 N–H and O–H groups in total. The molecule has 0 bridgehead atoms. The minimum Gasteiger partial charge on any atom is -0.477 e. The van der Waals surface area contributed by atoms with Crippen molar-refractivity contribution in [2.24, 2.45) is 5.92 Å². The van der Waals surface area contributed by atoms with Gasteiger partial charge in [0.25, 0.3) is 0 Å². The van der Waals surface area contributed by atoms with Crippen LogP contribution < -0.4 is 4.90 Å². The number of aromatic nitrogens is 1. The van der Waals surface area contributed by atoms with E-state index in [1.54, 1.807) is 0 Å². The first-order valence-electron chi connectivity index (χ1n) is 6.65. The molecule has 0 amide bonds. The van der Waals surface area contributed by atoms with Crippen LogP contribution in [0.2, 0.25) is 0 Å². The van der Waals surface area contributed by atoms with Gasteiger partial charge < -0.3 is 10.0 Å². The number of pyridine rings is 1. The van der Waals surface area contributed by atoms with Gasteiger partial charge in [-0.25, -0.2) is 9.78 Å². The Hall–Kier alpha value is -2.18. The summed E-state index contributed by atoms with van der Waals surface area (Å²) in [6, 6.07) is 1.30. The molecule has 0 radical (unpaired) electrons. The topological polar surface area (TPSA) is 96.6 Å². The molecule has 1 atom stereocenters. The smallest absolute Gasteiger partial charge is 0.342 e. The molecule has 2 rings (SSSR count). The largest absolute Gasteiger partial charge is 0.477 e. The third-order valence-electron chi connectivity index (χ3n) is 3.60. The Kier molecular flexibility index (Phi) is 4.16. The number of nitrogens with zero attached hydrogens (tertiary/aromatic N) is 3. The Morgan fingerprint density at radius 3 is 3.00 bits per heavy atom. The average molecular weight is 279 g/mol. The number of hydrogen-bond acceptors (Lipinski definition) is 5. The van der Waals surface area contributed by atoms with E-state index < -0.39 is 16.6 Å². The standard InChI is InChI=1S/C13H17N3O4/c1-2-3-9-4-5-15(8-9)12-6-10(13(17)18)11(7-14-12)16(19)20/h6-7,9H,2-5,8H2,1H3,(H,17,18). The Morgan fingerprint density at radius 1 is 1.65 bits per heavy atom. The molecule has 7 heteroatoms. The van der Waals surface area contributed by atoms with Crippen LogP contribution in [-0.2, 0) is 0 Å². The van der Waals surface area contributed by atoms with E-state index in [0.717, 1.165) is 38.5 Å². The minimum atomic E-state index is -1.30. The molecule has 0 aliphatic carbocycles. The fourth-order valence-corrected chi connectivity index (χ4v) is 2.61. The van der Waals surface area contributed by atoms with E-state index in [1.165, 1.54) is 6.07 Å². The third kappa shape index (κ3) is 2.87. The maximum absolute atomic E-state index is 11.1. The Balaban J connectivity index is 2.24. The number of anilines is 1. The van der Waals surface area contributed by atoms with Crippen molar-refractivity contribution in [1.29, 1.82) is 0 Å². The van der Waals surface area contributed by atoms with Crippen molar-refractivity contribution in [1.82, 2.24) is 4.98 Å². The molecular formula is C13H17N3O4. The summed E-state index contributed by atoms with van der Waals surface area (Å²) < 4.78 is 0. The van der Waals surface area contributed by atoms with Crippen LogP contribution in [0.4, 0.5) is 11.5 Å². The lowest BCUT2D eigenvalue weighted by molar-refractivity contribution is -0.385. The maximum atomic E-state index is 11.1. The molecule has 1 aliphatic heterocycles. The normalized spacial score (nSPS) is 18.2. The number of aromatic carboxylic acids is 1. The van der Waals surface area contributed by atoms with Gasteiger partial charge in [0.2, 0.25) is 0 Å². The Bertz CT molecular complexity index is 532. The SMILES string of the molecule is CCCC1CCN(c2cc(C(=O)O)c([N+](=O)[O-])cn2)C1. The molecule has 1 aromatic rings. The molecule has 7 nitrogen and oxygen atoms in total. The molecule has 2 heterocycles. The van der Waals surface area contributed by atoms with Gasteiger partial charge in [-0.05, 0) is 18.8 Å². The first-order valence-corrected chi connectivity index (χ1v) is 6.65. The van der Waals surface area contributed by atoms with Gasteiger partial charge in [0.15, 0.2) is 0 Å². The highest BCUT2D eigenvalue weighted by atomic mass is 16.6. The fourth-order valence-electron chi connectivity index (χ4n) is 2.61. The van der Waals surface area contributed by atoms with Gasteiger partial charge in [-0.3, -0.25) is 10.1 Å². The molecule has 0 spiro atoms. The quantitative estimate of drug-likeness (QED) is 0.656. The summed E-state index contributed by atoms with van der Waals surface area (Å²) in [7, 11) is 0. The molecule has 1 unspecified atom stereocenters. The highest BCUT2D eigenvalue weighted by Crippen LogP contribution is 2.28. The summed E-state index contributed by atoms with van der Waals surface area (Å²) in [6.45, 7) is 3.78. The van der Waals surface area contributed by atoms with Crippen LogP contribution in [0, 0.1) is 16.0 Å². The van der Waals surface area contributed by atoms with Crippen molar-refractivity contribution >= 4 is 17.5 Å². The lowest BCUT2D eigenvalue weighted by Gasteiger charge is -2.17. The van der Waals surface area contributed by atoms with E-state index in [2.05, 4.69) is 11.9 Å². The summed E-state index contributed by atoms with van der Waals surface area (Å²) in [6.07, 6.45) is 4.34. The predicted molar refractivity (Wildman–Crippen MR) is 73.1 cm³/mol. The van der Waals surface area contributed by atoms with Crippen molar-refractivity contribution in [2.75, 3.05) is 18.0 Å². The van der Waals surface area contributed by atoms with Gasteiger partial charge in [-0.1, -0.05) is 13.3 Å². The van der Waals surface area contributed by atoms with Crippen LogP contribution in [0.15, 0.2) is 12.3 Å². The van der Waals surface area contributed by atoms with Gasteiger partial charge in [0, 0.05) is 19.2 Å². The molecule has 1 saturated heterocycles. The highest BCUT2D eigenvalue weighted by Gasteiger charge is 2.26. The summed E-state index contributed by atoms with van der Waals surface area (Å²) in [5.74, 6) is -0.207. The van der Waals surface area contributed by atoms with Gasteiger partial charge in [0.1, 0.15) is 17.6 Å². The van der Waals surface area contributed by atoms with Crippen molar-refractivity contribution in [2.45, 2.75) is 26.2 Å². The lowest BCUT2D eigenvalue weighted by Crippen LogP contribution is -2.21. The van der Waals surface area contributed by atoms with E-state index in [1.807, 2.05) is 4.90 Å². The zero-order valence-corrected chi connectivity index (χ0v) is 11.3. The maximum Gasteiger partial charge on any atom is 0.342 e. The molecule has 20 heavy (non-hydrogen) atoms. The van der Waals surface area contributed by atoms with Crippen molar-refractivity contribution in [3.8, 4) is 0 Å². The number of rotatable bonds is 5. The zero-order chi connectivity index (χ0) is 14.7. The molecule has 108 valence electrons. The van der Waals surface area contributed by atoms with Crippen LogP contribution in [0.25, 0.3) is 0 Å². The highest BCUT2D eigenvalue weighted by molar-refractivity contribution is 5.93. The van der Waals surface area contributed by atoms with E-state index in [-0.39, 0.29) is 5.56 Å². The molecular weight excluding hydrogens is 262 g/mol. The number of carboxylic acid groups (broad SMARTS) is 1. The summed E-state index contributed by atoms with van der Waals surface area (Å²) in [5, 5.41) is 19.9. The monoisotopic (exact) mass is 279 g/mol. The summed E-state index contributed by atoms with van der Waals surface area (Å²) >= 11 is 0. The van der Waals surface area contributed by atoms with Crippen LogP contribution in [0.1, 0.15) is 36.5 Å². The number of carbonyl (C=O) groups is 1. The summed E-state index contributed by atoms with van der Waals surface area (Å²) in [5.41, 5.74) is -0.774. The Morgan fingerprint density at radius 2 is 2.40 bits per heavy atom. The second kappa shape index (κ2) is 5.85. The van der Waals surface area contributed by atoms with E-state index in [0.29, 0.717) is 11.7 Å². The van der Waals surface area contributed by atoms with E-state index in [4.69, 9.17) is 5.11 Å². The predicted octanol–water partition coefficient (Wildman–Crippen LogP) is 2.31. The van der Waals surface area contributed by atoms with Crippen LogP contribution in [-0.4, -0.2) is 34.1 Å². The van der Waals surface area contributed by atoms with Gasteiger partial charge >= 0.3 is 11.7 Å². The molecule has 1 aromatic heterocycles. The van der Waals surface area contributed by atoms with Crippen LogP contribution in [0.5, 0.6) is 0 Å². The first kappa shape index (κ1) is 14.2. The van der Waals surface area contributed by atoms with Gasteiger partial charge in [0.05, 0.1) is 4.92 Å². The minimum absolute atomic E-state index is 0.307. The number of nitro groups is 1. The summed E-state index contributed by atoms with van der Waals surface area (Å²) in [4.78, 5) is 27.2. The van der Waals surface area contributed by atoms with Crippen molar-refractivity contribution < 1.29 is 14.8 Å². The fraction of sp³-hybridized carbons (Fsp3) is 0.538.